The van der Waals surface area contributed by atoms with E-state index >= 15 is 0 Å². The van der Waals surface area contributed by atoms with Crippen molar-refractivity contribution in [3.8, 4) is 11.5 Å². The molecule has 1 unspecified atom stereocenters. The highest BCUT2D eigenvalue weighted by atomic mass is 35.5. The maximum Gasteiger partial charge on any atom is 0.341 e. The van der Waals surface area contributed by atoms with Gasteiger partial charge in [0.05, 0.1) is 14.8 Å². The number of halogens is 1. The standard InChI is InChI=1S/C14H12O3.C10H11ClO3S2.C10H9NO4/c15-12-8-6-11(7-9-12)13(14(16)17)10-4-2-1-3-5-10;1-15-8-4-7(14-5-10(12)13)9(16-2)3-6(8)11;1-7(5-10(12)13)8-3-2-4-9(6-8)11(14)15/h1-9,13,15H,(H,16,17);3-4H,5H2,1-2H3,(H,12,13);2-6H,1H3,(H,12,13)/b;;7-5+. The van der Waals surface area contributed by atoms with Crippen molar-refractivity contribution < 1.29 is 44.5 Å². The molecule has 1 atom stereocenters. The molecule has 0 aliphatic heterocycles. The van der Waals surface area contributed by atoms with Crippen molar-refractivity contribution in [2.24, 2.45) is 0 Å². The average molecular weight is 714 g/mol. The number of benzene rings is 4. The first-order chi connectivity index (χ1) is 22.8. The summed E-state index contributed by atoms with van der Waals surface area (Å²) in [6.45, 7) is 1.25. The van der Waals surface area contributed by atoms with E-state index in [0.717, 1.165) is 21.4 Å². The van der Waals surface area contributed by atoms with E-state index < -0.39 is 28.7 Å². The molecule has 0 heterocycles. The number of hydrogen-bond acceptors (Lipinski definition) is 9. The van der Waals surface area contributed by atoms with Crippen molar-refractivity contribution in [3.63, 3.8) is 0 Å². The van der Waals surface area contributed by atoms with Crippen LogP contribution in [0.25, 0.3) is 5.57 Å². The van der Waals surface area contributed by atoms with Crippen LogP contribution in [0.15, 0.2) is 107 Å². The molecule has 0 radical (unpaired) electrons. The Balaban J connectivity index is 0.000000251. The quantitative estimate of drug-likeness (QED) is 0.0510. The van der Waals surface area contributed by atoms with Gasteiger partial charge in [0.25, 0.3) is 5.69 Å². The zero-order valence-electron chi connectivity index (χ0n) is 25.9. The molecule has 4 aromatic rings. The Morgan fingerprint density at radius 1 is 0.875 bits per heavy atom. The topological polar surface area (TPSA) is 184 Å². The molecule has 4 N–H and O–H groups in total. The first-order valence-corrected chi connectivity index (χ1v) is 16.6. The minimum absolute atomic E-state index is 0.0503. The molecule has 0 aliphatic carbocycles. The van der Waals surface area contributed by atoms with E-state index in [1.165, 1.54) is 53.9 Å². The number of non-ortho nitro benzene ring substituents is 1. The third kappa shape index (κ3) is 12.7. The minimum Gasteiger partial charge on any atom is -0.508 e. The molecular weight excluding hydrogens is 682 g/mol. The van der Waals surface area contributed by atoms with Crippen LogP contribution in [0.1, 0.15) is 29.5 Å². The number of carboxylic acid groups (broad SMARTS) is 3. The summed E-state index contributed by atoms with van der Waals surface area (Å²) in [5.41, 5.74) is 2.34. The zero-order chi connectivity index (χ0) is 35.8. The second-order valence-electron chi connectivity index (χ2n) is 9.57. The largest absolute Gasteiger partial charge is 0.508 e. The number of nitro groups is 1. The number of ether oxygens (including phenoxy) is 1. The summed E-state index contributed by atoms with van der Waals surface area (Å²) in [6, 6.07) is 24.7. The number of nitro benzene ring substituents is 1. The van der Waals surface area contributed by atoms with Crippen LogP contribution in [-0.4, -0.2) is 62.4 Å². The molecule has 0 aliphatic rings. The highest BCUT2D eigenvalue weighted by Gasteiger charge is 2.21. The Morgan fingerprint density at radius 3 is 2.00 bits per heavy atom. The molecule has 0 saturated carbocycles. The van der Waals surface area contributed by atoms with Gasteiger partial charge in [-0.2, -0.15) is 0 Å². The first-order valence-electron chi connectivity index (χ1n) is 13.8. The first kappa shape index (κ1) is 39.2. The number of thioether (sulfide) groups is 2. The van der Waals surface area contributed by atoms with Gasteiger partial charge in [-0.3, -0.25) is 14.9 Å². The number of aromatic hydroxyl groups is 1. The Morgan fingerprint density at radius 2 is 1.48 bits per heavy atom. The predicted octanol–water partition coefficient (Wildman–Crippen LogP) is 7.94. The second kappa shape index (κ2) is 19.6. The van der Waals surface area contributed by atoms with Gasteiger partial charge >= 0.3 is 17.9 Å². The number of phenols is 1. The fourth-order valence-corrected chi connectivity index (χ4v) is 5.50. The van der Waals surface area contributed by atoms with Crippen LogP contribution in [0.5, 0.6) is 11.5 Å². The van der Waals surface area contributed by atoms with Crippen LogP contribution < -0.4 is 4.74 Å². The van der Waals surface area contributed by atoms with Crippen LogP contribution in [0.2, 0.25) is 5.02 Å². The lowest BCUT2D eigenvalue weighted by Gasteiger charge is -2.13. The maximum absolute atomic E-state index is 11.3. The van der Waals surface area contributed by atoms with E-state index in [9.17, 15) is 34.7 Å². The van der Waals surface area contributed by atoms with Crippen LogP contribution in [0.4, 0.5) is 5.69 Å². The number of nitrogens with zero attached hydrogens (tertiary/aromatic N) is 1. The van der Waals surface area contributed by atoms with Gasteiger partial charge < -0.3 is 25.2 Å². The fraction of sp³-hybridized carbons (Fsp3) is 0.147. The summed E-state index contributed by atoms with van der Waals surface area (Å²) in [5, 5.41) is 46.7. The molecule has 0 saturated heterocycles. The van der Waals surface area contributed by atoms with Gasteiger partial charge in [-0.25, -0.2) is 9.59 Å². The van der Waals surface area contributed by atoms with Crippen LogP contribution in [0.3, 0.4) is 0 Å². The molecule has 0 fully saturated rings. The van der Waals surface area contributed by atoms with E-state index in [-0.39, 0.29) is 18.0 Å². The van der Waals surface area contributed by atoms with E-state index in [2.05, 4.69) is 0 Å². The van der Waals surface area contributed by atoms with Crippen molar-refractivity contribution in [1.29, 1.82) is 0 Å². The lowest BCUT2D eigenvalue weighted by molar-refractivity contribution is -0.384. The lowest BCUT2D eigenvalue weighted by Crippen LogP contribution is -2.12. The normalized spacial score (nSPS) is 11.1. The number of hydrogen-bond donors (Lipinski definition) is 4. The third-order valence-corrected chi connectivity index (χ3v) is 8.21. The van der Waals surface area contributed by atoms with E-state index in [1.807, 2.05) is 30.7 Å². The molecule has 4 aromatic carbocycles. The zero-order valence-corrected chi connectivity index (χ0v) is 28.3. The molecule has 252 valence electrons. The van der Waals surface area contributed by atoms with E-state index in [4.69, 9.17) is 26.6 Å². The molecule has 14 heteroatoms. The van der Waals surface area contributed by atoms with Gasteiger partial charge in [-0.1, -0.05) is 66.2 Å². The van der Waals surface area contributed by atoms with Crippen LogP contribution >= 0.6 is 35.1 Å². The van der Waals surface area contributed by atoms with Crippen LogP contribution in [0, 0.1) is 10.1 Å². The number of phenolic OH excluding ortho intramolecular Hbond substituents is 1. The summed E-state index contributed by atoms with van der Waals surface area (Å²) in [4.78, 5) is 43.8. The van der Waals surface area contributed by atoms with E-state index in [1.54, 1.807) is 49.4 Å². The summed E-state index contributed by atoms with van der Waals surface area (Å²) in [6.07, 6.45) is 4.80. The molecule has 0 aromatic heterocycles. The van der Waals surface area contributed by atoms with Crippen molar-refractivity contribution in [2.75, 3.05) is 19.1 Å². The lowest BCUT2D eigenvalue weighted by atomic mass is 9.91. The smallest absolute Gasteiger partial charge is 0.341 e. The SMILES string of the molecule is C/C(=C\C(=O)O)c1cccc([N+](=O)[O-])c1.CSc1cc(OCC(=O)O)c(SC)cc1Cl.O=C(O)C(c1ccccc1)c1ccc(O)cc1. The Hall–Kier alpha value is -4.98. The van der Waals surface area contributed by atoms with Gasteiger partial charge in [0.1, 0.15) is 17.4 Å². The summed E-state index contributed by atoms with van der Waals surface area (Å²) in [7, 11) is 0. The van der Waals surface area contributed by atoms with Crippen molar-refractivity contribution in [3.05, 3.63) is 129 Å². The Labute approximate surface area is 290 Å². The molecule has 0 bridgehead atoms. The molecule has 48 heavy (non-hydrogen) atoms. The van der Waals surface area contributed by atoms with Gasteiger partial charge in [0.2, 0.25) is 0 Å². The predicted molar refractivity (Wildman–Crippen MR) is 187 cm³/mol. The number of carbonyl (C=O) groups is 3. The van der Waals surface area contributed by atoms with Crippen molar-refractivity contribution >= 4 is 64.3 Å². The molecule has 11 nitrogen and oxygen atoms in total. The van der Waals surface area contributed by atoms with Crippen molar-refractivity contribution in [2.45, 2.75) is 22.6 Å². The highest BCUT2D eigenvalue weighted by molar-refractivity contribution is 7.99. The highest BCUT2D eigenvalue weighted by Crippen LogP contribution is 2.37. The number of allylic oxidation sites excluding steroid dienone is 1. The second-order valence-corrected chi connectivity index (χ2v) is 11.7. The van der Waals surface area contributed by atoms with Gasteiger partial charge in [0.15, 0.2) is 6.61 Å². The number of carboxylic acids is 3. The monoisotopic (exact) mass is 713 g/mol. The van der Waals surface area contributed by atoms with Gasteiger partial charge in [0, 0.05) is 23.1 Å². The summed E-state index contributed by atoms with van der Waals surface area (Å²) < 4.78 is 5.19. The van der Waals surface area contributed by atoms with Gasteiger partial charge in [-0.15, -0.1) is 23.5 Å². The molecule has 4 rings (SSSR count). The molecule has 0 spiro atoms. The molecule has 0 amide bonds. The number of rotatable bonds is 11. The van der Waals surface area contributed by atoms with Gasteiger partial charge in [-0.05, 0) is 66.0 Å². The molecular formula is C34H32ClNO10S2. The van der Waals surface area contributed by atoms with Crippen LogP contribution in [-0.2, 0) is 14.4 Å². The Bertz CT molecular complexity index is 1750. The fourth-order valence-electron chi connectivity index (χ4n) is 4.01. The van der Waals surface area contributed by atoms with Crippen molar-refractivity contribution in [1.82, 2.24) is 0 Å². The minimum atomic E-state index is -1.07. The number of aliphatic carboxylic acids is 3. The van der Waals surface area contributed by atoms with E-state index in [0.29, 0.717) is 27.5 Å². The maximum atomic E-state index is 11.3. The Kier molecular flexibility index (Phi) is 16.0. The summed E-state index contributed by atoms with van der Waals surface area (Å²) >= 11 is 9.00. The average Bonchev–Trinajstić information content (AvgIpc) is 3.05. The summed E-state index contributed by atoms with van der Waals surface area (Å²) in [5.74, 6) is -2.97. The third-order valence-electron chi connectivity index (χ3n) is 6.25.